The zero-order valence-corrected chi connectivity index (χ0v) is 10.1. The number of phenolic OH excluding ortho intramolecular Hbond substituents is 1. The topological polar surface area (TPSA) is 46.2 Å². The predicted octanol–water partition coefficient (Wildman–Crippen LogP) is 2.80. The Bertz CT molecular complexity index is 336. The van der Waals surface area contributed by atoms with Crippen LogP contribution in [0.3, 0.4) is 0 Å². The lowest BCUT2D eigenvalue weighted by atomic mass is 10.0. The molecule has 3 N–H and O–H groups in total. The van der Waals surface area contributed by atoms with Gasteiger partial charge in [-0.3, -0.25) is 0 Å². The van der Waals surface area contributed by atoms with Crippen LogP contribution in [0.2, 0.25) is 0 Å². The lowest BCUT2D eigenvalue weighted by Gasteiger charge is -2.13. The fourth-order valence-electron chi connectivity index (χ4n) is 1.66. The second kappa shape index (κ2) is 4.06. The first kappa shape index (κ1) is 10.2. The Morgan fingerprint density at radius 3 is 2.79 bits per heavy atom. The molecule has 0 saturated heterocycles. The Morgan fingerprint density at radius 1 is 1.50 bits per heavy atom. The molecule has 0 radical (unpaired) electrons. The number of aromatic hydroxyl groups is 1. The van der Waals surface area contributed by atoms with Crippen molar-refractivity contribution in [3.63, 3.8) is 0 Å². The molecule has 0 spiro atoms. The quantitative estimate of drug-likeness (QED) is 0.844. The van der Waals surface area contributed by atoms with Crippen LogP contribution in [0.5, 0.6) is 5.75 Å². The second-order valence-electron chi connectivity index (χ2n) is 3.99. The molecule has 1 saturated carbocycles. The van der Waals surface area contributed by atoms with Crippen LogP contribution in [-0.4, -0.2) is 5.11 Å². The second-order valence-corrected chi connectivity index (χ2v) is 5.15. The highest BCUT2D eigenvalue weighted by atomic mass is 127. The summed E-state index contributed by atoms with van der Waals surface area (Å²) >= 11 is 2.23. The Morgan fingerprint density at radius 2 is 2.21 bits per heavy atom. The SMILES string of the molecule is N[C@@H](CC1CC1)c1ccc(O)cc1I. The van der Waals surface area contributed by atoms with Crippen molar-refractivity contribution in [2.75, 3.05) is 0 Å². The molecule has 2 nitrogen and oxygen atoms in total. The first-order valence-electron chi connectivity index (χ1n) is 4.91. The summed E-state index contributed by atoms with van der Waals surface area (Å²) in [7, 11) is 0. The monoisotopic (exact) mass is 303 g/mol. The normalized spacial score (nSPS) is 18.1. The number of hydrogen-bond acceptors (Lipinski definition) is 2. The van der Waals surface area contributed by atoms with Crippen molar-refractivity contribution in [1.82, 2.24) is 0 Å². The molecule has 0 amide bonds. The minimum atomic E-state index is 0.134. The molecular formula is C11H14INO. The van der Waals surface area contributed by atoms with Crippen LogP contribution in [0.15, 0.2) is 18.2 Å². The maximum absolute atomic E-state index is 9.27. The summed E-state index contributed by atoms with van der Waals surface area (Å²) in [6, 6.07) is 5.55. The molecule has 0 aromatic heterocycles. The van der Waals surface area contributed by atoms with E-state index in [0.717, 1.165) is 21.5 Å². The molecule has 1 aromatic rings. The smallest absolute Gasteiger partial charge is 0.116 e. The highest BCUT2D eigenvalue weighted by molar-refractivity contribution is 14.1. The van der Waals surface area contributed by atoms with Crippen molar-refractivity contribution in [2.45, 2.75) is 25.3 Å². The van der Waals surface area contributed by atoms with E-state index >= 15 is 0 Å². The molecule has 0 heterocycles. The van der Waals surface area contributed by atoms with Crippen LogP contribution in [-0.2, 0) is 0 Å². The Balaban J connectivity index is 2.13. The van der Waals surface area contributed by atoms with Gasteiger partial charge in [0.05, 0.1) is 0 Å². The molecule has 0 bridgehead atoms. The van der Waals surface area contributed by atoms with Gasteiger partial charge in [0.25, 0.3) is 0 Å². The number of nitrogens with two attached hydrogens (primary N) is 1. The van der Waals surface area contributed by atoms with Crippen molar-refractivity contribution >= 4 is 22.6 Å². The number of hydrogen-bond donors (Lipinski definition) is 2. The van der Waals surface area contributed by atoms with Gasteiger partial charge in [0.2, 0.25) is 0 Å². The summed E-state index contributed by atoms with van der Waals surface area (Å²) in [5, 5.41) is 9.27. The average Bonchev–Trinajstić information content (AvgIpc) is 2.87. The number of halogens is 1. The molecule has 1 aliphatic carbocycles. The van der Waals surface area contributed by atoms with Crippen molar-refractivity contribution in [1.29, 1.82) is 0 Å². The summed E-state index contributed by atoms with van der Waals surface area (Å²) in [5.74, 6) is 1.16. The lowest BCUT2D eigenvalue weighted by Crippen LogP contribution is -2.12. The summed E-state index contributed by atoms with van der Waals surface area (Å²) in [6.45, 7) is 0. The Kier molecular flexibility index (Phi) is 2.97. The van der Waals surface area contributed by atoms with Crippen molar-refractivity contribution in [2.24, 2.45) is 11.7 Å². The van der Waals surface area contributed by atoms with Crippen LogP contribution in [0.1, 0.15) is 30.9 Å². The van der Waals surface area contributed by atoms with Gasteiger partial charge in [0.1, 0.15) is 5.75 Å². The first-order chi connectivity index (χ1) is 6.66. The Labute approximate surface area is 97.6 Å². The van der Waals surface area contributed by atoms with Gasteiger partial charge in [-0.05, 0) is 52.6 Å². The van der Waals surface area contributed by atoms with Gasteiger partial charge in [0.15, 0.2) is 0 Å². The van der Waals surface area contributed by atoms with E-state index in [2.05, 4.69) is 22.6 Å². The molecule has 2 rings (SSSR count). The van der Waals surface area contributed by atoms with Crippen LogP contribution in [0.4, 0.5) is 0 Å². The molecule has 3 heteroatoms. The van der Waals surface area contributed by atoms with Crippen LogP contribution in [0, 0.1) is 9.49 Å². The van der Waals surface area contributed by atoms with Crippen LogP contribution >= 0.6 is 22.6 Å². The van der Waals surface area contributed by atoms with Crippen molar-refractivity contribution < 1.29 is 5.11 Å². The molecular weight excluding hydrogens is 289 g/mol. The summed E-state index contributed by atoms with van der Waals surface area (Å²) < 4.78 is 1.07. The van der Waals surface area contributed by atoms with Gasteiger partial charge in [-0.15, -0.1) is 0 Å². The molecule has 14 heavy (non-hydrogen) atoms. The predicted molar refractivity (Wildman–Crippen MR) is 65.1 cm³/mol. The van der Waals surface area contributed by atoms with E-state index in [1.54, 1.807) is 12.1 Å². The molecule has 1 aromatic carbocycles. The maximum Gasteiger partial charge on any atom is 0.116 e. The lowest BCUT2D eigenvalue weighted by molar-refractivity contribution is 0.474. The number of rotatable bonds is 3. The molecule has 1 fully saturated rings. The number of benzene rings is 1. The fourth-order valence-corrected chi connectivity index (χ4v) is 2.56. The van der Waals surface area contributed by atoms with Crippen molar-refractivity contribution in [3.8, 4) is 5.75 Å². The highest BCUT2D eigenvalue weighted by Crippen LogP contribution is 2.37. The molecule has 1 aliphatic rings. The minimum Gasteiger partial charge on any atom is -0.508 e. The van der Waals surface area contributed by atoms with E-state index < -0.39 is 0 Å². The van der Waals surface area contributed by atoms with Gasteiger partial charge in [-0.1, -0.05) is 18.9 Å². The van der Waals surface area contributed by atoms with Crippen molar-refractivity contribution in [3.05, 3.63) is 27.3 Å². The third-order valence-corrected chi connectivity index (χ3v) is 3.60. The largest absolute Gasteiger partial charge is 0.508 e. The Hall–Kier alpha value is -0.290. The molecule has 0 unspecified atom stereocenters. The van der Waals surface area contributed by atoms with E-state index in [1.165, 1.54) is 12.8 Å². The minimum absolute atomic E-state index is 0.134. The van der Waals surface area contributed by atoms with Gasteiger partial charge in [-0.25, -0.2) is 0 Å². The zero-order chi connectivity index (χ0) is 10.1. The van der Waals surface area contributed by atoms with E-state index in [0.29, 0.717) is 5.75 Å². The zero-order valence-electron chi connectivity index (χ0n) is 7.91. The molecule has 76 valence electrons. The first-order valence-corrected chi connectivity index (χ1v) is 5.98. The van der Waals surface area contributed by atoms with Gasteiger partial charge >= 0.3 is 0 Å². The van der Waals surface area contributed by atoms with E-state index in [-0.39, 0.29) is 6.04 Å². The van der Waals surface area contributed by atoms with Crippen LogP contribution in [0.25, 0.3) is 0 Å². The summed E-state index contributed by atoms with van der Waals surface area (Å²) in [4.78, 5) is 0. The van der Waals surface area contributed by atoms with Crippen LogP contribution < -0.4 is 5.73 Å². The highest BCUT2D eigenvalue weighted by Gasteiger charge is 2.25. The standard InChI is InChI=1S/C11H14INO/c12-10-6-8(14)3-4-9(10)11(13)5-7-1-2-7/h3-4,6-7,11,14H,1-2,5,13H2/t11-/m0/s1. The average molecular weight is 303 g/mol. The van der Waals surface area contributed by atoms with Gasteiger partial charge in [0, 0.05) is 9.61 Å². The van der Waals surface area contributed by atoms with E-state index in [9.17, 15) is 5.11 Å². The maximum atomic E-state index is 9.27. The number of phenols is 1. The summed E-state index contributed by atoms with van der Waals surface area (Å²) in [5.41, 5.74) is 7.26. The van der Waals surface area contributed by atoms with E-state index in [4.69, 9.17) is 5.73 Å². The summed E-state index contributed by atoms with van der Waals surface area (Å²) in [6.07, 6.45) is 3.76. The third-order valence-electron chi connectivity index (χ3n) is 2.67. The van der Waals surface area contributed by atoms with Gasteiger partial charge < -0.3 is 10.8 Å². The third kappa shape index (κ3) is 2.39. The van der Waals surface area contributed by atoms with Gasteiger partial charge in [-0.2, -0.15) is 0 Å². The van der Waals surface area contributed by atoms with E-state index in [1.807, 2.05) is 6.07 Å². The fraction of sp³-hybridized carbons (Fsp3) is 0.455. The molecule has 1 atom stereocenters. The molecule has 0 aliphatic heterocycles.